The number of fused-ring (bicyclic) bond motifs is 3. The van der Waals surface area contributed by atoms with Crippen LogP contribution < -0.4 is 4.74 Å². The molecule has 0 saturated carbocycles. The molecule has 0 bridgehead atoms. The fourth-order valence-electron chi connectivity index (χ4n) is 5.76. The number of aromatic nitrogens is 1. The molecule has 0 amide bonds. The van der Waals surface area contributed by atoms with E-state index >= 15 is 0 Å². The van der Waals surface area contributed by atoms with Gasteiger partial charge in [0.25, 0.3) is 0 Å². The van der Waals surface area contributed by atoms with Crippen molar-refractivity contribution in [3.05, 3.63) is 94.1 Å². The van der Waals surface area contributed by atoms with Gasteiger partial charge in [0.15, 0.2) is 0 Å². The summed E-state index contributed by atoms with van der Waals surface area (Å²) in [6.45, 7) is 5.40. The van der Waals surface area contributed by atoms with Crippen molar-refractivity contribution in [1.29, 1.82) is 0 Å². The number of hydrogen-bond acceptors (Lipinski definition) is 2. The van der Waals surface area contributed by atoms with Gasteiger partial charge in [0.2, 0.25) is 0 Å². The average molecular weight is 457 g/mol. The van der Waals surface area contributed by atoms with Gasteiger partial charge < -0.3 is 9.30 Å². The lowest BCUT2D eigenvalue weighted by atomic mass is 9.90. The maximum absolute atomic E-state index is 6.10. The normalized spacial score (nSPS) is 18.2. The van der Waals surface area contributed by atoms with Gasteiger partial charge in [-0.2, -0.15) is 0 Å². The van der Waals surface area contributed by atoms with Gasteiger partial charge in [0.1, 0.15) is 11.5 Å². The molecule has 3 nitrogen and oxygen atoms in total. The van der Waals surface area contributed by atoms with Gasteiger partial charge >= 0.3 is 0 Å². The molecule has 1 atom stereocenters. The van der Waals surface area contributed by atoms with Crippen LogP contribution in [-0.2, 0) is 19.5 Å². The Bertz CT molecular complexity index is 1300. The molecule has 0 fully saturated rings. The third-order valence-electron chi connectivity index (χ3n) is 7.19. The first-order valence-corrected chi connectivity index (χ1v) is 12.4. The van der Waals surface area contributed by atoms with Crippen molar-refractivity contribution in [3.63, 3.8) is 0 Å². The first-order chi connectivity index (χ1) is 16.2. The van der Waals surface area contributed by atoms with Crippen LogP contribution in [-0.4, -0.2) is 16.0 Å². The molecule has 1 unspecified atom stereocenters. The molecule has 4 heteroatoms. The Morgan fingerprint density at radius 2 is 1.82 bits per heavy atom. The second-order valence-corrected chi connectivity index (χ2v) is 9.91. The zero-order chi connectivity index (χ0) is 22.4. The van der Waals surface area contributed by atoms with Crippen molar-refractivity contribution < 1.29 is 4.74 Å². The number of aryl methyl sites for hydroxylation is 3. The first-order valence-electron chi connectivity index (χ1n) is 12.0. The molecule has 2 aliphatic rings. The Kier molecular flexibility index (Phi) is 5.40. The minimum absolute atomic E-state index is 0.491. The van der Waals surface area contributed by atoms with E-state index in [0.717, 1.165) is 36.2 Å². The van der Waals surface area contributed by atoms with Crippen molar-refractivity contribution in [3.8, 4) is 11.5 Å². The minimum Gasteiger partial charge on any atom is -0.457 e. The summed E-state index contributed by atoms with van der Waals surface area (Å²) in [5, 5.41) is 2.20. The van der Waals surface area contributed by atoms with Crippen LogP contribution in [0.1, 0.15) is 47.7 Å². The molecule has 33 heavy (non-hydrogen) atoms. The zero-order valence-corrected chi connectivity index (χ0v) is 19.8. The van der Waals surface area contributed by atoms with Crippen LogP contribution in [0.15, 0.2) is 66.7 Å². The second kappa shape index (κ2) is 8.55. The summed E-state index contributed by atoms with van der Waals surface area (Å²) in [4.78, 5) is 2.70. The van der Waals surface area contributed by atoms with Crippen molar-refractivity contribution in [2.75, 3.05) is 6.54 Å². The van der Waals surface area contributed by atoms with Crippen LogP contribution in [0.3, 0.4) is 0 Å². The molecule has 4 aromatic rings. The van der Waals surface area contributed by atoms with Crippen LogP contribution in [0.2, 0.25) is 5.02 Å². The average Bonchev–Trinajstić information content (AvgIpc) is 3.01. The van der Waals surface area contributed by atoms with Crippen LogP contribution in [0, 0.1) is 6.92 Å². The van der Waals surface area contributed by atoms with Crippen molar-refractivity contribution in [1.82, 2.24) is 9.47 Å². The Morgan fingerprint density at radius 3 is 2.70 bits per heavy atom. The van der Waals surface area contributed by atoms with Gasteiger partial charge in [-0.15, -0.1) is 0 Å². The van der Waals surface area contributed by atoms with E-state index in [1.54, 1.807) is 11.3 Å². The fraction of sp³-hybridized carbons (Fsp3) is 0.310. The van der Waals surface area contributed by atoms with E-state index in [-0.39, 0.29) is 0 Å². The number of benzene rings is 3. The highest BCUT2D eigenvalue weighted by molar-refractivity contribution is 6.30. The summed E-state index contributed by atoms with van der Waals surface area (Å²) < 4.78 is 8.73. The van der Waals surface area contributed by atoms with E-state index in [0.29, 0.717) is 6.04 Å². The third kappa shape index (κ3) is 3.94. The largest absolute Gasteiger partial charge is 0.457 e. The topological polar surface area (TPSA) is 17.4 Å². The van der Waals surface area contributed by atoms with Crippen LogP contribution in [0.5, 0.6) is 11.5 Å². The summed E-state index contributed by atoms with van der Waals surface area (Å²) in [5.41, 5.74) is 7.26. The Labute approximate surface area is 200 Å². The molecule has 2 heterocycles. The summed E-state index contributed by atoms with van der Waals surface area (Å²) in [6, 6.07) is 23.6. The van der Waals surface area contributed by atoms with Gasteiger partial charge in [0.05, 0.1) is 6.04 Å². The Hall–Kier alpha value is -2.75. The Balaban J connectivity index is 1.30. The maximum Gasteiger partial charge on any atom is 0.127 e. The minimum atomic E-state index is 0.491. The van der Waals surface area contributed by atoms with E-state index in [4.69, 9.17) is 16.3 Å². The Morgan fingerprint density at radius 1 is 0.939 bits per heavy atom. The van der Waals surface area contributed by atoms with Gasteiger partial charge in [0, 0.05) is 41.3 Å². The van der Waals surface area contributed by atoms with Gasteiger partial charge in [-0.1, -0.05) is 35.4 Å². The lowest BCUT2D eigenvalue weighted by molar-refractivity contribution is 0.173. The van der Waals surface area contributed by atoms with Gasteiger partial charge in [-0.3, -0.25) is 4.90 Å². The quantitative estimate of drug-likeness (QED) is 0.313. The van der Waals surface area contributed by atoms with Gasteiger partial charge in [-0.25, -0.2) is 0 Å². The fourth-order valence-corrected chi connectivity index (χ4v) is 5.89. The predicted molar refractivity (Wildman–Crippen MR) is 135 cm³/mol. The van der Waals surface area contributed by atoms with Crippen molar-refractivity contribution >= 4 is 22.5 Å². The maximum atomic E-state index is 6.10. The van der Waals surface area contributed by atoms with E-state index in [9.17, 15) is 0 Å². The molecule has 0 saturated heterocycles. The van der Waals surface area contributed by atoms with Gasteiger partial charge in [-0.05, 0) is 92.3 Å². The van der Waals surface area contributed by atoms with E-state index < -0.39 is 0 Å². The molecule has 1 aliphatic heterocycles. The van der Waals surface area contributed by atoms with E-state index in [2.05, 4.69) is 52.8 Å². The molecule has 3 aromatic carbocycles. The van der Waals surface area contributed by atoms with Crippen molar-refractivity contribution in [2.45, 2.75) is 51.7 Å². The lowest BCUT2D eigenvalue weighted by Gasteiger charge is -2.33. The highest BCUT2D eigenvalue weighted by Gasteiger charge is 2.33. The second-order valence-electron chi connectivity index (χ2n) is 9.47. The molecule has 0 spiro atoms. The molecule has 0 radical (unpaired) electrons. The monoisotopic (exact) mass is 456 g/mol. The number of rotatable bonds is 4. The summed E-state index contributed by atoms with van der Waals surface area (Å²) in [5.74, 6) is 1.68. The third-order valence-corrected chi connectivity index (χ3v) is 7.44. The standard InChI is InChI=1S/C29H29ClN2O/c1-20-9-14-27-26(17-20)25-7-3-8-28-29(25)32(27)16-4-15-31(28)19-21-5-2-6-24(18-21)33-23-12-10-22(30)11-13-23/h2,5-6,9-14,17-18,28H,3-4,7-8,15-16,19H2,1H3. The van der Waals surface area contributed by atoms with Crippen LogP contribution >= 0.6 is 11.6 Å². The van der Waals surface area contributed by atoms with E-state index in [1.165, 1.54) is 47.7 Å². The first kappa shape index (κ1) is 20.8. The molecule has 168 valence electrons. The molecular weight excluding hydrogens is 428 g/mol. The summed E-state index contributed by atoms with van der Waals surface area (Å²) in [7, 11) is 0. The highest BCUT2D eigenvalue weighted by Crippen LogP contribution is 2.42. The summed E-state index contributed by atoms with van der Waals surface area (Å²) in [6.07, 6.45) is 4.89. The number of ether oxygens (including phenoxy) is 1. The zero-order valence-electron chi connectivity index (χ0n) is 19.1. The molecule has 6 rings (SSSR count). The lowest BCUT2D eigenvalue weighted by Crippen LogP contribution is -2.31. The SMILES string of the molecule is Cc1ccc2c(c1)c1c3n2CCCN(Cc2cccc(Oc4ccc(Cl)cc4)c2)C3CCC1. The molecule has 1 aliphatic carbocycles. The van der Waals surface area contributed by atoms with Crippen LogP contribution in [0.4, 0.5) is 0 Å². The van der Waals surface area contributed by atoms with Crippen molar-refractivity contribution in [2.24, 2.45) is 0 Å². The number of hydrogen-bond donors (Lipinski definition) is 0. The molecule has 0 N–H and O–H groups in total. The predicted octanol–water partition coefficient (Wildman–Crippen LogP) is 7.68. The highest BCUT2D eigenvalue weighted by atomic mass is 35.5. The molecule has 1 aromatic heterocycles. The summed E-state index contributed by atoms with van der Waals surface area (Å²) >= 11 is 6.01. The number of halogens is 1. The number of nitrogens with zero attached hydrogens (tertiary/aromatic N) is 2. The molecular formula is C29H29ClN2O. The van der Waals surface area contributed by atoms with Crippen LogP contribution in [0.25, 0.3) is 10.9 Å². The smallest absolute Gasteiger partial charge is 0.127 e. The van der Waals surface area contributed by atoms with E-state index in [1.807, 2.05) is 30.3 Å².